The Morgan fingerprint density at radius 2 is 1.86 bits per heavy atom. The molecule has 0 aliphatic heterocycles. The lowest BCUT2D eigenvalue weighted by Crippen LogP contribution is -2.13. The Hall–Kier alpha value is -2.21. The van der Waals surface area contributed by atoms with E-state index in [1.165, 1.54) is 42.5 Å². The van der Waals surface area contributed by atoms with Crippen molar-refractivity contribution in [2.24, 2.45) is 0 Å². The zero-order chi connectivity index (χ0) is 15.6. The molecule has 0 saturated heterocycles. The first-order valence-corrected chi connectivity index (χ1v) is 8.04. The number of hydrogen-bond acceptors (Lipinski definition) is 3. The smallest absolute Gasteiger partial charge is 0.255 e. The Labute approximate surface area is 122 Å². The van der Waals surface area contributed by atoms with E-state index in [4.69, 9.17) is 0 Å². The van der Waals surface area contributed by atoms with Gasteiger partial charge in [-0.3, -0.25) is 4.79 Å². The van der Waals surface area contributed by atoms with E-state index in [2.05, 4.69) is 5.32 Å². The van der Waals surface area contributed by atoms with Crippen LogP contribution in [0.4, 0.5) is 10.1 Å². The summed E-state index contributed by atoms with van der Waals surface area (Å²) in [6, 6.07) is 9.77. The number of benzene rings is 2. The standard InChI is InChI=1S/C15H14FNO3S/c1-10-8-12(16)6-7-14(10)17-15(18)11-4-3-5-13(9-11)21(2,19)20/h3-9H,1-2H3,(H,17,18). The molecule has 6 heteroatoms. The quantitative estimate of drug-likeness (QED) is 0.948. The zero-order valence-electron chi connectivity index (χ0n) is 11.6. The van der Waals surface area contributed by atoms with Crippen molar-refractivity contribution in [2.45, 2.75) is 11.8 Å². The molecule has 0 unspecified atom stereocenters. The number of rotatable bonds is 3. The summed E-state index contributed by atoms with van der Waals surface area (Å²) in [5.41, 5.74) is 1.29. The SMILES string of the molecule is Cc1cc(F)ccc1NC(=O)c1cccc(S(C)(=O)=O)c1. The average molecular weight is 307 g/mol. The van der Waals surface area contributed by atoms with Gasteiger partial charge in [-0.1, -0.05) is 6.07 Å². The monoisotopic (exact) mass is 307 g/mol. The molecule has 0 atom stereocenters. The first kappa shape index (κ1) is 15.2. The number of halogens is 1. The fourth-order valence-corrected chi connectivity index (χ4v) is 2.50. The molecule has 21 heavy (non-hydrogen) atoms. The molecule has 0 radical (unpaired) electrons. The predicted molar refractivity (Wildman–Crippen MR) is 78.6 cm³/mol. The van der Waals surface area contributed by atoms with E-state index in [0.717, 1.165) is 6.26 Å². The molecule has 0 fully saturated rings. The molecule has 2 aromatic rings. The number of anilines is 1. The number of amides is 1. The van der Waals surface area contributed by atoms with Crippen molar-refractivity contribution in [2.75, 3.05) is 11.6 Å². The van der Waals surface area contributed by atoms with Gasteiger partial charge in [0.2, 0.25) is 0 Å². The largest absolute Gasteiger partial charge is 0.322 e. The minimum Gasteiger partial charge on any atom is -0.322 e. The number of nitrogens with one attached hydrogen (secondary N) is 1. The topological polar surface area (TPSA) is 63.2 Å². The van der Waals surface area contributed by atoms with Gasteiger partial charge in [-0.05, 0) is 48.9 Å². The summed E-state index contributed by atoms with van der Waals surface area (Å²) >= 11 is 0. The van der Waals surface area contributed by atoms with Crippen LogP contribution in [0.3, 0.4) is 0 Å². The third-order valence-corrected chi connectivity index (χ3v) is 4.07. The van der Waals surface area contributed by atoms with Crippen LogP contribution in [0, 0.1) is 12.7 Å². The van der Waals surface area contributed by atoms with Crippen molar-refractivity contribution in [3.8, 4) is 0 Å². The zero-order valence-corrected chi connectivity index (χ0v) is 12.4. The van der Waals surface area contributed by atoms with Gasteiger partial charge in [-0.2, -0.15) is 0 Å². The van der Waals surface area contributed by atoms with Gasteiger partial charge in [-0.15, -0.1) is 0 Å². The van der Waals surface area contributed by atoms with E-state index >= 15 is 0 Å². The number of aryl methyl sites for hydroxylation is 1. The van der Waals surface area contributed by atoms with Crippen molar-refractivity contribution in [3.63, 3.8) is 0 Å². The minimum atomic E-state index is -3.38. The Morgan fingerprint density at radius 3 is 2.48 bits per heavy atom. The van der Waals surface area contributed by atoms with Crippen LogP contribution in [0.15, 0.2) is 47.4 Å². The van der Waals surface area contributed by atoms with Gasteiger partial charge in [0, 0.05) is 17.5 Å². The molecule has 4 nitrogen and oxygen atoms in total. The van der Waals surface area contributed by atoms with Crippen molar-refractivity contribution in [1.82, 2.24) is 0 Å². The molecule has 110 valence electrons. The van der Waals surface area contributed by atoms with Gasteiger partial charge in [0.05, 0.1) is 4.90 Å². The van der Waals surface area contributed by atoms with E-state index in [-0.39, 0.29) is 16.3 Å². The first-order chi connectivity index (χ1) is 9.77. The summed E-state index contributed by atoms with van der Waals surface area (Å²) < 4.78 is 36.0. The highest BCUT2D eigenvalue weighted by Gasteiger charge is 2.12. The molecule has 1 amide bonds. The van der Waals surface area contributed by atoms with Crippen LogP contribution in [0.2, 0.25) is 0 Å². The highest BCUT2D eigenvalue weighted by molar-refractivity contribution is 7.90. The lowest BCUT2D eigenvalue weighted by Gasteiger charge is -2.09. The van der Waals surface area contributed by atoms with Gasteiger partial charge in [0.15, 0.2) is 9.84 Å². The van der Waals surface area contributed by atoms with Gasteiger partial charge in [0.1, 0.15) is 5.82 Å². The minimum absolute atomic E-state index is 0.0750. The molecule has 0 aliphatic rings. The molecule has 0 aromatic heterocycles. The van der Waals surface area contributed by atoms with Crippen molar-refractivity contribution < 1.29 is 17.6 Å². The molecule has 2 rings (SSSR count). The van der Waals surface area contributed by atoms with Crippen LogP contribution in [0.1, 0.15) is 15.9 Å². The second-order valence-electron chi connectivity index (χ2n) is 4.71. The van der Waals surface area contributed by atoms with E-state index in [1.54, 1.807) is 6.92 Å². The van der Waals surface area contributed by atoms with Crippen LogP contribution in [0.5, 0.6) is 0 Å². The number of carbonyl (C=O) groups excluding carboxylic acids is 1. The maximum absolute atomic E-state index is 13.0. The molecule has 0 heterocycles. The third kappa shape index (κ3) is 3.66. The van der Waals surface area contributed by atoms with Crippen LogP contribution in [-0.4, -0.2) is 20.6 Å². The van der Waals surface area contributed by atoms with Crippen LogP contribution in [-0.2, 0) is 9.84 Å². The Bertz CT molecular complexity index is 800. The second kappa shape index (κ2) is 5.65. The molecule has 0 aliphatic carbocycles. The molecular weight excluding hydrogens is 293 g/mol. The highest BCUT2D eigenvalue weighted by atomic mass is 32.2. The fraction of sp³-hybridized carbons (Fsp3) is 0.133. The Balaban J connectivity index is 2.29. The lowest BCUT2D eigenvalue weighted by atomic mass is 10.1. The molecule has 0 spiro atoms. The predicted octanol–water partition coefficient (Wildman–Crippen LogP) is 2.79. The van der Waals surface area contributed by atoms with Crippen LogP contribution < -0.4 is 5.32 Å². The summed E-state index contributed by atoms with van der Waals surface area (Å²) in [6.45, 7) is 1.67. The normalized spacial score (nSPS) is 11.2. The summed E-state index contributed by atoms with van der Waals surface area (Å²) in [7, 11) is -3.38. The summed E-state index contributed by atoms with van der Waals surface area (Å²) in [6.07, 6.45) is 1.08. The maximum Gasteiger partial charge on any atom is 0.255 e. The second-order valence-corrected chi connectivity index (χ2v) is 6.73. The van der Waals surface area contributed by atoms with Crippen LogP contribution in [0.25, 0.3) is 0 Å². The summed E-state index contributed by atoms with van der Waals surface area (Å²) in [5.74, 6) is -0.834. The summed E-state index contributed by atoms with van der Waals surface area (Å²) in [5, 5.41) is 2.63. The van der Waals surface area contributed by atoms with Crippen molar-refractivity contribution in [3.05, 3.63) is 59.4 Å². The van der Waals surface area contributed by atoms with Gasteiger partial charge >= 0.3 is 0 Å². The molecule has 1 N–H and O–H groups in total. The molecule has 2 aromatic carbocycles. The van der Waals surface area contributed by atoms with E-state index < -0.39 is 15.7 Å². The van der Waals surface area contributed by atoms with Gasteiger partial charge < -0.3 is 5.32 Å². The van der Waals surface area contributed by atoms with Gasteiger partial charge in [-0.25, -0.2) is 12.8 Å². The summed E-state index contributed by atoms with van der Waals surface area (Å²) in [4.78, 5) is 12.2. The molecular formula is C15H14FNO3S. The third-order valence-electron chi connectivity index (χ3n) is 2.96. The number of carbonyl (C=O) groups is 1. The molecule has 0 saturated carbocycles. The number of hydrogen-bond donors (Lipinski definition) is 1. The van der Waals surface area contributed by atoms with Crippen LogP contribution >= 0.6 is 0 Å². The van der Waals surface area contributed by atoms with E-state index in [0.29, 0.717) is 11.3 Å². The van der Waals surface area contributed by atoms with E-state index in [1.807, 2.05) is 0 Å². The van der Waals surface area contributed by atoms with Crippen molar-refractivity contribution >= 4 is 21.4 Å². The molecule has 0 bridgehead atoms. The maximum atomic E-state index is 13.0. The fourth-order valence-electron chi connectivity index (χ4n) is 1.83. The van der Waals surface area contributed by atoms with Crippen molar-refractivity contribution in [1.29, 1.82) is 0 Å². The van der Waals surface area contributed by atoms with Gasteiger partial charge in [0.25, 0.3) is 5.91 Å². The van der Waals surface area contributed by atoms with E-state index in [9.17, 15) is 17.6 Å². The number of sulfone groups is 1. The lowest BCUT2D eigenvalue weighted by molar-refractivity contribution is 0.102. The average Bonchev–Trinajstić information content (AvgIpc) is 2.41. The Morgan fingerprint density at radius 1 is 1.14 bits per heavy atom. The first-order valence-electron chi connectivity index (χ1n) is 6.15. The Kier molecular flexibility index (Phi) is 4.09. The highest BCUT2D eigenvalue weighted by Crippen LogP contribution is 2.18.